The SMILES string of the molecule is COc1c(C)cncc1-c1cccnc1Oc1ccc(C(C)(F)F)cc1. The van der Waals surface area contributed by atoms with E-state index in [1.807, 2.05) is 13.0 Å². The van der Waals surface area contributed by atoms with Gasteiger partial charge in [-0.3, -0.25) is 4.98 Å². The molecule has 0 fully saturated rings. The standard InChI is InChI=1S/C20H18F2N2O2/c1-13-11-23-12-17(18(13)25-3)16-5-4-10-24-19(16)26-15-8-6-14(7-9-15)20(2,21)22/h4-12H,1-3H3. The fourth-order valence-electron chi connectivity index (χ4n) is 2.62. The lowest BCUT2D eigenvalue weighted by molar-refractivity contribution is 0.0174. The van der Waals surface area contributed by atoms with Gasteiger partial charge >= 0.3 is 0 Å². The third kappa shape index (κ3) is 3.64. The smallest absolute Gasteiger partial charge is 0.270 e. The van der Waals surface area contributed by atoms with E-state index in [1.165, 1.54) is 24.3 Å². The average Bonchev–Trinajstić information content (AvgIpc) is 2.62. The van der Waals surface area contributed by atoms with Gasteiger partial charge in [-0.05, 0) is 43.3 Å². The van der Waals surface area contributed by atoms with E-state index in [-0.39, 0.29) is 5.56 Å². The van der Waals surface area contributed by atoms with Gasteiger partial charge in [-0.15, -0.1) is 0 Å². The zero-order chi connectivity index (χ0) is 18.7. The molecular formula is C20H18F2N2O2. The number of alkyl halides is 2. The molecule has 3 rings (SSSR count). The first-order valence-corrected chi connectivity index (χ1v) is 8.00. The van der Waals surface area contributed by atoms with Crippen molar-refractivity contribution < 1.29 is 18.3 Å². The maximum absolute atomic E-state index is 13.3. The molecular weight excluding hydrogens is 338 g/mol. The molecule has 0 spiro atoms. The second kappa shape index (κ2) is 7.07. The summed E-state index contributed by atoms with van der Waals surface area (Å²) >= 11 is 0. The zero-order valence-corrected chi connectivity index (χ0v) is 14.7. The highest BCUT2D eigenvalue weighted by Gasteiger charge is 2.24. The molecule has 2 heterocycles. The first-order chi connectivity index (χ1) is 12.4. The first kappa shape index (κ1) is 17.8. The number of hydrogen-bond acceptors (Lipinski definition) is 4. The molecule has 2 aromatic heterocycles. The van der Waals surface area contributed by atoms with E-state index in [0.717, 1.165) is 18.1 Å². The molecule has 0 saturated heterocycles. The summed E-state index contributed by atoms with van der Waals surface area (Å²) in [4.78, 5) is 8.48. The van der Waals surface area contributed by atoms with Gasteiger partial charge in [0.15, 0.2) is 0 Å². The molecule has 0 aliphatic carbocycles. The van der Waals surface area contributed by atoms with Crippen LogP contribution in [-0.2, 0) is 5.92 Å². The van der Waals surface area contributed by atoms with Crippen LogP contribution in [0.25, 0.3) is 11.1 Å². The summed E-state index contributed by atoms with van der Waals surface area (Å²) in [5, 5.41) is 0. The van der Waals surface area contributed by atoms with Gasteiger partial charge in [-0.2, -0.15) is 0 Å². The number of halogens is 2. The predicted octanol–water partition coefficient (Wildman–Crippen LogP) is 5.36. The number of methoxy groups -OCH3 is 1. The zero-order valence-electron chi connectivity index (χ0n) is 14.7. The van der Waals surface area contributed by atoms with E-state index in [2.05, 4.69) is 9.97 Å². The van der Waals surface area contributed by atoms with E-state index in [0.29, 0.717) is 22.9 Å². The summed E-state index contributed by atoms with van der Waals surface area (Å²) in [6, 6.07) is 9.30. The van der Waals surface area contributed by atoms with Gasteiger partial charge in [0.2, 0.25) is 5.88 Å². The number of nitrogens with zero attached hydrogens (tertiary/aromatic N) is 2. The van der Waals surface area contributed by atoms with Crippen molar-refractivity contribution in [3.05, 3.63) is 66.1 Å². The molecule has 0 aliphatic heterocycles. The van der Waals surface area contributed by atoms with Crippen LogP contribution in [-0.4, -0.2) is 17.1 Å². The molecule has 6 heteroatoms. The van der Waals surface area contributed by atoms with Crippen LogP contribution >= 0.6 is 0 Å². The molecule has 0 unspecified atom stereocenters. The van der Waals surface area contributed by atoms with Gasteiger partial charge in [-0.1, -0.05) is 0 Å². The van der Waals surface area contributed by atoms with Crippen LogP contribution in [0, 0.1) is 6.92 Å². The molecule has 1 aromatic carbocycles. The van der Waals surface area contributed by atoms with Crippen LogP contribution in [0.3, 0.4) is 0 Å². The van der Waals surface area contributed by atoms with Gasteiger partial charge in [0.25, 0.3) is 5.92 Å². The van der Waals surface area contributed by atoms with Crippen LogP contribution in [0.1, 0.15) is 18.1 Å². The van der Waals surface area contributed by atoms with E-state index in [1.54, 1.807) is 31.8 Å². The fraction of sp³-hybridized carbons (Fsp3) is 0.200. The van der Waals surface area contributed by atoms with Crippen molar-refractivity contribution in [2.24, 2.45) is 0 Å². The number of aryl methyl sites for hydroxylation is 1. The first-order valence-electron chi connectivity index (χ1n) is 8.00. The Morgan fingerprint density at radius 3 is 2.38 bits per heavy atom. The Hall–Kier alpha value is -3.02. The Morgan fingerprint density at radius 1 is 1.00 bits per heavy atom. The highest BCUT2D eigenvalue weighted by Crippen LogP contribution is 2.38. The minimum Gasteiger partial charge on any atom is -0.496 e. The van der Waals surface area contributed by atoms with Crippen molar-refractivity contribution in [2.75, 3.05) is 7.11 Å². The van der Waals surface area contributed by atoms with Gasteiger partial charge < -0.3 is 9.47 Å². The summed E-state index contributed by atoms with van der Waals surface area (Å²) < 4.78 is 38.0. The van der Waals surface area contributed by atoms with Gasteiger partial charge in [0.1, 0.15) is 11.5 Å². The molecule has 0 bridgehead atoms. The highest BCUT2D eigenvalue weighted by molar-refractivity contribution is 5.75. The molecule has 3 aromatic rings. The predicted molar refractivity (Wildman–Crippen MR) is 94.8 cm³/mol. The summed E-state index contributed by atoms with van der Waals surface area (Å²) in [5.74, 6) is -1.46. The quantitative estimate of drug-likeness (QED) is 0.617. The highest BCUT2D eigenvalue weighted by atomic mass is 19.3. The summed E-state index contributed by atoms with van der Waals surface area (Å²) in [6.45, 7) is 2.76. The minimum absolute atomic E-state index is 0.0735. The Kier molecular flexibility index (Phi) is 4.84. The minimum atomic E-state index is -2.89. The van der Waals surface area contributed by atoms with Crippen LogP contribution in [0.4, 0.5) is 8.78 Å². The monoisotopic (exact) mass is 356 g/mol. The molecule has 0 amide bonds. The van der Waals surface area contributed by atoms with E-state index >= 15 is 0 Å². The topological polar surface area (TPSA) is 44.2 Å². The fourth-order valence-corrected chi connectivity index (χ4v) is 2.62. The van der Waals surface area contributed by atoms with Crippen molar-refractivity contribution in [1.29, 1.82) is 0 Å². The number of rotatable bonds is 5. The molecule has 0 N–H and O–H groups in total. The van der Waals surface area contributed by atoms with Crippen molar-refractivity contribution in [1.82, 2.24) is 9.97 Å². The normalized spacial score (nSPS) is 11.3. The number of benzene rings is 1. The summed E-state index contributed by atoms with van der Waals surface area (Å²) in [7, 11) is 1.59. The maximum Gasteiger partial charge on any atom is 0.270 e. The number of aromatic nitrogens is 2. The third-order valence-electron chi connectivity index (χ3n) is 3.92. The summed E-state index contributed by atoms with van der Waals surface area (Å²) in [5.41, 5.74) is 2.25. The van der Waals surface area contributed by atoms with Crippen molar-refractivity contribution in [2.45, 2.75) is 19.8 Å². The Balaban J connectivity index is 1.97. The van der Waals surface area contributed by atoms with Gasteiger partial charge in [0.05, 0.1) is 7.11 Å². The molecule has 4 nitrogen and oxygen atoms in total. The van der Waals surface area contributed by atoms with E-state index in [4.69, 9.17) is 9.47 Å². The van der Waals surface area contributed by atoms with Crippen molar-refractivity contribution in [3.63, 3.8) is 0 Å². The Bertz CT molecular complexity index is 906. The van der Waals surface area contributed by atoms with Crippen LogP contribution < -0.4 is 9.47 Å². The lowest BCUT2D eigenvalue weighted by Gasteiger charge is -2.15. The number of pyridine rings is 2. The lowest BCUT2D eigenvalue weighted by Crippen LogP contribution is -2.06. The molecule has 0 aliphatic rings. The lowest BCUT2D eigenvalue weighted by atomic mass is 10.1. The maximum atomic E-state index is 13.3. The van der Waals surface area contributed by atoms with Crippen molar-refractivity contribution >= 4 is 0 Å². The molecule has 26 heavy (non-hydrogen) atoms. The third-order valence-corrected chi connectivity index (χ3v) is 3.92. The van der Waals surface area contributed by atoms with Crippen LogP contribution in [0.2, 0.25) is 0 Å². The second-order valence-corrected chi connectivity index (χ2v) is 5.91. The number of hydrogen-bond donors (Lipinski definition) is 0. The molecule has 0 saturated carbocycles. The average molecular weight is 356 g/mol. The second-order valence-electron chi connectivity index (χ2n) is 5.91. The van der Waals surface area contributed by atoms with Gasteiger partial charge in [0, 0.05) is 47.8 Å². The van der Waals surface area contributed by atoms with E-state index < -0.39 is 5.92 Å². The Labute approximate surface area is 150 Å². The van der Waals surface area contributed by atoms with Crippen molar-refractivity contribution in [3.8, 4) is 28.5 Å². The van der Waals surface area contributed by atoms with Gasteiger partial charge in [-0.25, -0.2) is 13.8 Å². The number of ether oxygens (including phenoxy) is 2. The van der Waals surface area contributed by atoms with Crippen LogP contribution in [0.5, 0.6) is 17.4 Å². The largest absolute Gasteiger partial charge is 0.496 e. The molecule has 134 valence electrons. The van der Waals surface area contributed by atoms with Crippen LogP contribution in [0.15, 0.2) is 55.0 Å². The molecule has 0 atom stereocenters. The molecule has 0 radical (unpaired) electrons. The van der Waals surface area contributed by atoms with E-state index in [9.17, 15) is 8.78 Å². The summed E-state index contributed by atoms with van der Waals surface area (Å²) in [6.07, 6.45) is 4.99. The Morgan fingerprint density at radius 2 is 1.73 bits per heavy atom.